The van der Waals surface area contributed by atoms with Crippen molar-refractivity contribution in [2.45, 2.75) is 6.61 Å². The van der Waals surface area contributed by atoms with Crippen molar-refractivity contribution in [2.24, 2.45) is 0 Å². The molecular formula is C13H13BrN2O2. The second-order valence-corrected chi connectivity index (χ2v) is 4.62. The molecule has 0 aliphatic heterocycles. The molecule has 94 valence electrons. The van der Waals surface area contributed by atoms with Crippen LogP contribution in [0.3, 0.4) is 0 Å². The van der Waals surface area contributed by atoms with E-state index in [-0.39, 0.29) is 0 Å². The fourth-order valence-corrected chi connectivity index (χ4v) is 1.89. The largest absolute Gasteiger partial charge is 0.497 e. The van der Waals surface area contributed by atoms with Gasteiger partial charge in [0.25, 0.3) is 0 Å². The molecule has 18 heavy (non-hydrogen) atoms. The number of hydrogen-bond acceptors (Lipinski definition) is 4. The van der Waals surface area contributed by atoms with Gasteiger partial charge in [-0.15, -0.1) is 0 Å². The van der Waals surface area contributed by atoms with Crippen LogP contribution in [0, 0.1) is 0 Å². The lowest BCUT2D eigenvalue weighted by Crippen LogP contribution is -1.99. The van der Waals surface area contributed by atoms with Crippen molar-refractivity contribution < 1.29 is 9.47 Å². The van der Waals surface area contributed by atoms with Crippen molar-refractivity contribution >= 4 is 21.6 Å². The van der Waals surface area contributed by atoms with Crippen LogP contribution in [0.25, 0.3) is 0 Å². The van der Waals surface area contributed by atoms with Crippen LogP contribution in [-0.4, -0.2) is 12.1 Å². The van der Waals surface area contributed by atoms with Gasteiger partial charge in [0.05, 0.1) is 12.8 Å². The number of nitrogens with two attached hydrogens (primary N) is 1. The molecule has 0 radical (unpaired) electrons. The highest BCUT2D eigenvalue weighted by molar-refractivity contribution is 9.10. The standard InChI is InChI=1S/C13H13BrN2O2/c1-17-11-2-3-13(12(15)5-11)18-8-9-4-10(14)7-16-6-9/h2-7H,8,15H2,1H3. The first kappa shape index (κ1) is 12.7. The van der Waals surface area contributed by atoms with E-state index in [1.807, 2.05) is 12.1 Å². The molecule has 0 aliphatic rings. The number of aromatic nitrogens is 1. The first-order valence-electron chi connectivity index (χ1n) is 5.35. The van der Waals surface area contributed by atoms with Gasteiger partial charge in [0.15, 0.2) is 0 Å². The van der Waals surface area contributed by atoms with Gasteiger partial charge in [0, 0.05) is 28.5 Å². The van der Waals surface area contributed by atoms with Crippen molar-refractivity contribution in [3.05, 3.63) is 46.7 Å². The van der Waals surface area contributed by atoms with E-state index in [0.29, 0.717) is 23.8 Å². The summed E-state index contributed by atoms with van der Waals surface area (Å²) < 4.78 is 11.6. The highest BCUT2D eigenvalue weighted by Crippen LogP contribution is 2.27. The molecule has 0 spiro atoms. The Morgan fingerprint density at radius 2 is 2.11 bits per heavy atom. The molecule has 0 amide bonds. The van der Waals surface area contributed by atoms with E-state index in [0.717, 1.165) is 10.0 Å². The van der Waals surface area contributed by atoms with Gasteiger partial charge < -0.3 is 15.2 Å². The maximum absolute atomic E-state index is 5.86. The number of anilines is 1. The van der Waals surface area contributed by atoms with E-state index in [1.165, 1.54) is 0 Å². The maximum Gasteiger partial charge on any atom is 0.142 e. The number of ether oxygens (including phenoxy) is 2. The zero-order valence-corrected chi connectivity index (χ0v) is 11.5. The van der Waals surface area contributed by atoms with Gasteiger partial charge in [-0.3, -0.25) is 4.98 Å². The van der Waals surface area contributed by atoms with E-state index in [2.05, 4.69) is 20.9 Å². The average molecular weight is 309 g/mol. The number of nitrogens with zero attached hydrogens (tertiary/aromatic N) is 1. The Morgan fingerprint density at radius 3 is 2.78 bits per heavy atom. The predicted octanol–water partition coefficient (Wildman–Crippen LogP) is 3.01. The zero-order chi connectivity index (χ0) is 13.0. The van der Waals surface area contributed by atoms with Gasteiger partial charge in [-0.25, -0.2) is 0 Å². The van der Waals surface area contributed by atoms with Crippen molar-refractivity contribution in [3.8, 4) is 11.5 Å². The maximum atomic E-state index is 5.86. The van der Waals surface area contributed by atoms with Crippen LogP contribution in [-0.2, 0) is 6.61 Å². The average Bonchev–Trinajstić information content (AvgIpc) is 2.37. The molecule has 1 aromatic heterocycles. The Balaban J connectivity index is 2.06. The van der Waals surface area contributed by atoms with Crippen LogP contribution >= 0.6 is 15.9 Å². The molecule has 5 heteroatoms. The monoisotopic (exact) mass is 308 g/mol. The van der Waals surface area contributed by atoms with Crippen molar-refractivity contribution in [3.63, 3.8) is 0 Å². The van der Waals surface area contributed by atoms with Gasteiger partial charge in [-0.1, -0.05) is 0 Å². The Morgan fingerprint density at radius 1 is 1.28 bits per heavy atom. The third kappa shape index (κ3) is 3.13. The molecule has 1 aromatic carbocycles. The summed E-state index contributed by atoms with van der Waals surface area (Å²) in [6.45, 7) is 0.420. The molecule has 0 bridgehead atoms. The van der Waals surface area contributed by atoms with Gasteiger partial charge in [-0.2, -0.15) is 0 Å². The van der Waals surface area contributed by atoms with Crippen LogP contribution < -0.4 is 15.2 Å². The predicted molar refractivity (Wildman–Crippen MR) is 73.7 cm³/mol. The lowest BCUT2D eigenvalue weighted by atomic mass is 10.2. The fourth-order valence-electron chi connectivity index (χ4n) is 1.48. The summed E-state index contributed by atoms with van der Waals surface area (Å²) in [5, 5.41) is 0. The van der Waals surface area contributed by atoms with Crippen LogP contribution in [0.4, 0.5) is 5.69 Å². The highest BCUT2D eigenvalue weighted by Gasteiger charge is 2.03. The minimum atomic E-state index is 0.420. The third-order valence-corrected chi connectivity index (χ3v) is 2.81. The molecule has 0 fully saturated rings. The molecule has 0 aliphatic carbocycles. The topological polar surface area (TPSA) is 57.4 Å². The van der Waals surface area contributed by atoms with Crippen LogP contribution in [0.2, 0.25) is 0 Å². The second kappa shape index (κ2) is 5.73. The van der Waals surface area contributed by atoms with E-state index in [1.54, 1.807) is 31.6 Å². The summed E-state index contributed by atoms with van der Waals surface area (Å²) in [6, 6.07) is 7.28. The summed E-state index contributed by atoms with van der Waals surface area (Å²) in [6.07, 6.45) is 3.48. The quantitative estimate of drug-likeness (QED) is 0.882. The Kier molecular flexibility index (Phi) is 4.04. The number of halogens is 1. The minimum Gasteiger partial charge on any atom is -0.497 e. The van der Waals surface area contributed by atoms with E-state index >= 15 is 0 Å². The molecule has 0 atom stereocenters. The minimum absolute atomic E-state index is 0.420. The Bertz CT molecular complexity index is 546. The van der Waals surface area contributed by atoms with Crippen LogP contribution in [0.5, 0.6) is 11.5 Å². The fraction of sp³-hybridized carbons (Fsp3) is 0.154. The molecule has 2 rings (SSSR count). The molecule has 2 aromatic rings. The molecule has 0 saturated carbocycles. The number of methoxy groups -OCH3 is 1. The molecular weight excluding hydrogens is 296 g/mol. The number of rotatable bonds is 4. The van der Waals surface area contributed by atoms with Crippen LogP contribution in [0.1, 0.15) is 5.56 Å². The summed E-state index contributed by atoms with van der Waals surface area (Å²) >= 11 is 3.36. The number of hydrogen-bond donors (Lipinski definition) is 1. The summed E-state index contributed by atoms with van der Waals surface area (Å²) in [5.41, 5.74) is 7.39. The molecule has 0 saturated heterocycles. The SMILES string of the molecule is COc1ccc(OCc2cncc(Br)c2)c(N)c1. The number of benzene rings is 1. The number of nitrogen functional groups attached to an aromatic ring is 1. The highest BCUT2D eigenvalue weighted by atomic mass is 79.9. The summed E-state index contributed by atoms with van der Waals surface area (Å²) in [7, 11) is 1.60. The molecule has 4 nitrogen and oxygen atoms in total. The van der Waals surface area contributed by atoms with Gasteiger partial charge in [0.2, 0.25) is 0 Å². The molecule has 2 N–H and O–H groups in total. The number of pyridine rings is 1. The van der Waals surface area contributed by atoms with E-state index in [4.69, 9.17) is 15.2 Å². The zero-order valence-electron chi connectivity index (χ0n) is 9.89. The van der Waals surface area contributed by atoms with Crippen molar-refractivity contribution in [1.29, 1.82) is 0 Å². The van der Waals surface area contributed by atoms with Gasteiger partial charge in [-0.05, 0) is 34.1 Å². The Labute approximate surface area is 114 Å². The van der Waals surface area contributed by atoms with Gasteiger partial charge in [0.1, 0.15) is 18.1 Å². The molecule has 0 unspecified atom stereocenters. The second-order valence-electron chi connectivity index (χ2n) is 3.70. The van der Waals surface area contributed by atoms with Gasteiger partial charge >= 0.3 is 0 Å². The van der Waals surface area contributed by atoms with Crippen molar-refractivity contribution in [1.82, 2.24) is 4.98 Å². The normalized spacial score (nSPS) is 10.1. The smallest absolute Gasteiger partial charge is 0.142 e. The Hall–Kier alpha value is -1.75. The lowest BCUT2D eigenvalue weighted by Gasteiger charge is -2.10. The molecule has 1 heterocycles. The van der Waals surface area contributed by atoms with Crippen LogP contribution in [0.15, 0.2) is 41.1 Å². The van der Waals surface area contributed by atoms with Crippen molar-refractivity contribution in [2.75, 3.05) is 12.8 Å². The van der Waals surface area contributed by atoms with E-state index < -0.39 is 0 Å². The summed E-state index contributed by atoms with van der Waals surface area (Å²) in [5.74, 6) is 1.35. The summed E-state index contributed by atoms with van der Waals surface area (Å²) in [4.78, 5) is 4.07. The first-order chi connectivity index (χ1) is 8.69. The van der Waals surface area contributed by atoms with E-state index in [9.17, 15) is 0 Å². The lowest BCUT2D eigenvalue weighted by molar-refractivity contribution is 0.306. The first-order valence-corrected chi connectivity index (χ1v) is 6.14. The third-order valence-electron chi connectivity index (χ3n) is 2.37.